The Balaban J connectivity index is 2.48. The van der Waals surface area contributed by atoms with Crippen LogP contribution in [0, 0.1) is 0 Å². The molecule has 0 amide bonds. The van der Waals surface area contributed by atoms with Crippen LogP contribution in [-0.4, -0.2) is 15.0 Å². The van der Waals surface area contributed by atoms with Crippen LogP contribution < -0.4 is 0 Å². The van der Waals surface area contributed by atoms with Gasteiger partial charge in [-0.2, -0.15) is 0 Å². The number of hydrogen-bond acceptors (Lipinski definition) is 2. The normalized spacial score (nSPS) is 10.1. The van der Waals surface area contributed by atoms with Gasteiger partial charge in [0.1, 0.15) is 0 Å². The fraction of sp³-hybridized carbons (Fsp3) is 0. The predicted molar refractivity (Wildman–Crippen MR) is 46.8 cm³/mol. The van der Waals surface area contributed by atoms with Gasteiger partial charge in [-0.15, -0.1) is 0 Å². The van der Waals surface area contributed by atoms with E-state index in [0.29, 0.717) is 0 Å². The van der Waals surface area contributed by atoms with Crippen LogP contribution in [0.3, 0.4) is 0 Å². The molecule has 0 spiro atoms. The molecule has 1 N–H and O–H groups in total. The molecule has 0 aliphatic rings. The number of nitrogens with zero attached hydrogens (tertiary/aromatic N) is 2. The third-order valence-electron chi connectivity index (χ3n) is 1.52. The third kappa shape index (κ3) is 1.31. The molecule has 60 valence electrons. The Hall–Kier alpha value is -1.35. The fourth-order valence-electron chi connectivity index (χ4n) is 0.979. The lowest BCUT2D eigenvalue weighted by molar-refractivity contribution is 1.17. The minimum absolute atomic E-state index is 0.272. The number of nitrogens with one attached hydrogen (secondary N) is 1. The average Bonchev–Trinajstić information content (AvgIpc) is 2.56. The Labute approximate surface area is 74.4 Å². The van der Waals surface area contributed by atoms with Crippen molar-refractivity contribution in [2.24, 2.45) is 0 Å². The van der Waals surface area contributed by atoms with E-state index in [9.17, 15) is 0 Å². The molecule has 0 atom stereocenters. The third-order valence-corrected chi connectivity index (χ3v) is 1.70. The zero-order valence-corrected chi connectivity index (χ0v) is 6.92. The lowest BCUT2D eigenvalue weighted by Gasteiger charge is -1.94. The van der Waals surface area contributed by atoms with E-state index in [4.69, 9.17) is 11.6 Å². The van der Waals surface area contributed by atoms with Crippen LogP contribution in [0.1, 0.15) is 0 Å². The van der Waals surface area contributed by atoms with Crippen molar-refractivity contribution in [2.75, 3.05) is 0 Å². The molecule has 0 radical (unpaired) electrons. The summed E-state index contributed by atoms with van der Waals surface area (Å²) in [6.07, 6.45) is 5.33. The summed E-state index contributed by atoms with van der Waals surface area (Å²) in [6.45, 7) is 0. The van der Waals surface area contributed by atoms with Crippen molar-refractivity contribution in [3.63, 3.8) is 0 Å². The average molecular weight is 180 g/mol. The summed E-state index contributed by atoms with van der Waals surface area (Å²) >= 11 is 5.63. The van der Waals surface area contributed by atoms with E-state index in [1.54, 1.807) is 6.20 Å². The van der Waals surface area contributed by atoms with Crippen LogP contribution in [-0.2, 0) is 0 Å². The SMILES string of the molecule is Clc1nccc(-c2cc[nH]c2)n1. The molecule has 0 saturated heterocycles. The summed E-state index contributed by atoms with van der Waals surface area (Å²) in [5.74, 6) is 0. The molecule has 2 aromatic rings. The monoisotopic (exact) mass is 179 g/mol. The van der Waals surface area contributed by atoms with Crippen molar-refractivity contribution in [3.05, 3.63) is 36.0 Å². The standard InChI is InChI=1S/C8H6ClN3/c9-8-11-4-2-7(12-8)6-1-3-10-5-6/h1-5,10H. The highest BCUT2D eigenvalue weighted by Crippen LogP contribution is 2.15. The van der Waals surface area contributed by atoms with Gasteiger partial charge in [0.25, 0.3) is 0 Å². The van der Waals surface area contributed by atoms with Gasteiger partial charge in [-0.3, -0.25) is 0 Å². The van der Waals surface area contributed by atoms with Gasteiger partial charge in [-0.05, 0) is 23.7 Å². The number of aromatic amines is 1. The van der Waals surface area contributed by atoms with E-state index in [1.807, 2.05) is 24.5 Å². The molecule has 12 heavy (non-hydrogen) atoms. The summed E-state index contributed by atoms with van der Waals surface area (Å²) < 4.78 is 0. The highest BCUT2D eigenvalue weighted by Gasteiger charge is 1.99. The van der Waals surface area contributed by atoms with Gasteiger partial charge in [0.2, 0.25) is 5.28 Å². The lowest BCUT2D eigenvalue weighted by atomic mass is 10.2. The van der Waals surface area contributed by atoms with Crippen LogP contribution in [0.5, 0.6) is 0 Å². The Bertz CT molecular complexity index is 370. The fourth-order valence-corrected chi connectivity index (χ4v) is 1.13. The van der Waals surface area contributed by atoms with Crippen LogP contribution in [0.4, 0.5) is 0 Å². The summed E-state index contributed by atoms with van der Waals surface area (Å²) in [5.41, 5.74) is 1.84. The van der Waals surface area contributed by atoms with Crippen molar-refractivity contribution in [2.45, 2.75) is 0 Å². The largest absolute Gasteiger partial charge is 0.367 e. The van der Waals surface area contributed by atoms with Gasteiger partial charge in [0, 0.05) is 24.2 Å². The highest BCUT2D eigenvalue weighted by atomic mass is 35.5. The molecule has 2 rings (SSSR count). The van der Waals surface area contributed by atoms with Gasteiger partial charge < -0.3 is 4.98 Å². The second-order valence-corrected chi connectivity index (χ2v) is 2.65. The van der Waals surface area contributed by atoms with Gasteiger partial charge in [-0.25, -0.2) is 9.97 Å². The minimum atomic E-state index is 0.272. The number of hydrogen-bond donors (Lipinski definition) is 1. The molecule has 0 unspecified atom stereocenters. The molecule has 2 heterocycles. The number of H-pyrrole nitrogens is 1. The first-order chi connectivity index (χ1) is 5.86. The summed E-state index contributed by atoms with van der Waals surface area (Å²) in [6, 6.07) is 3.74. The topological polar surface area (TPSA) is 41.6 Å². The van der Waals surface area contributed by atoms with Gasteiger partial charge >= 0.3 is 0 Å². The van der Waals surface area contributed by atoms with E-state index < -0.39 is 0 Å². The van der Waals surface area contributed by atoms with Gasteiger partial charge in [-0.1, -0.05) is 0 Å². The zero-order chi connectivity index (χ0) is 8.39. The summed E-state index contributed by atoms with van der Waals surface area (Å²) in [5, 5.41) is 0.272. The van der Waals surface area contributed by atoms with Crippen molar-refractivity contribution in [1.29, 1.82) is 0 Å². The van der Waals surface area contributed by atoms with Crippen molar-refractivity contribution >= 4 is 11.6 Å². The van der Waals surface area contributed by atoms with Crippen LogP contribution >= 0.6 is 11.6 Å². The van der Waals surface area contributed by atoms with E-state index in [2.05, 4.69) is 15.0 Å². The molecular weight excluding hydrogens is 174 g/mol. The Morgan fingerprint density at radius 2 is 2.25 bits per heavy atom. The first-order valence-electron chi connectivity index (χ1n) is 3.48. The Kier molecular flexibility index (Phi) is 1.80. The highest BCUT2D eigenvalue weighted by molar-refractivity contribution is 6.28. The van der Waals surface area contributed by atoms with Crippen LogP contribution in [0.2, 0.25) is 5.28 Å². The first kappa shape index (κ1) is 7.31. The minimum Gasteiger partial charge on any atom is -0.367 e. The molecule has 0 aromatic carbocycles. The van der Waals surface area contributed by atoms with E-state index in [-0.39, 0.29) is 5.28 Å². The van der Waals surface area contributed by atoms with Gasteiger partial charge in [0.15, 0.2) is 0 Å². The maximum atomic E-state index is 5.63. The first-order valence-corrected chi connectivity index (χ1v) is 3.86. The molecule has 3 nitrogen and oxygen atoms in total. The quantitative estimate of drug-likeness (QED) is 0.682. The van der Waals surface area contributed by atoms with Crippen molar-refractivity contribution in [3.8, 4) is 11.3 Å². The molecular formula is C8H6ClN3. The Morgan fingerprint density at radius 1 is 1.33 bits per heavy atom. The molecule has 4 heteroatoms. The van der Waals surface area contributed by atoms with E-state index in [0.717, 1.165) is 11.3 Å². The lowest BCUT2D eigenvalue weighted by Crippen LogP contribution is -1.83. The van der Waals surface area contributed by atoms with Crippen molar-refractivity contribution in [1.82, 2.24) is 15.0 Å². The number of rotatable bonds is 1. The van der Waals surface area contributed by atoms with Crippen molar-refractivity contribution < 1.29 is 0 Å². The van der Waals surface area contributed by atoms with E-state index >= 15 is 0 Å². The van der Waals surface area contributed by atoms with E-state index in [1.165, 1.54) is 0 Å². The molecule has 0 fully saturated rings. The maximum Gasteiger partial charge on any atom is 0.222 e. The second-order valence-electron chi connectivity index (χ2n) is 2.31. The molecule has 2 aromatic heterocycles. The Morgan fingerprint density at radius 3 is 2.92 bits per heavy atom. The summed E-state index contributed by atoms with van der Waals surface area (Å²) in [7, 11) is 0. The second kappa shape index (κ2) is 2.95. The molecule has 0 saturated carbocycles. The number of aromatic nitrogens is 3. The van der Waals surface area contributed by atoms with Crippen LogP contribution in [0.15, 0.2) is 30.7 Å². The predicted octanol–water partition coefficient (Wildman–Crippen LogP) is 2.13. The van der Waals surface area contributed by atoms with Gasteiger partial charge in [0.05, 0.1) is 5.69 Å². The summed E-state index contributed by atoms with van der Waals surface area (Å²) in [4.78, 5) is 10.8. The molecule has 0 aliphatic carbocycles. The molecule has 0 bridgehead atoms. The smallest absolute Gasteiger partial charge is 0.222 e. The maximum absolute atomic E-state index is 5.63. The number of halogens is 1. The zero-order valence-electron chi connectivity index (χ0n) is 6.16. The molecule has 0 aliphatic heterocycles. The van der Waals surface area contributed by atoms with Crippen LogP contribution in [0.25, 0.3) is 11.3 Å².